The number of carbonyl (C=O) groups excluding carboxylic acids is 1. The van der Waals surface area contributed by atoms with Gasteiger partial charge in [-0.2, -0.15) is 0 Å². The van der Waals surface area contributed by atoms with Crippen LogP contribution in [-0.4, -0.2) is 54.0 Å². The van der Waals surface area contributed by atoms with Gasteiger partial charge in [-0.15, -0.1) is 0 Å². The SMILES string of the molecule is CCCc1nc(NCC)c(C)c(N2CCN(C)C(=O)C2)n1. The van der Waals surface area contributed by atoms with Gasteiger partial charge < -0.3 is 15.1 Å². The predicted molar refractivity (Wildman–Crippen MR) is 84.8 cm³/mol. The Morgan fingerprint density at radius 1 is 1.24 bits per heavy atom. The number of nitrogens with zero attached hydrogens (tertiary/aromatic N) is 4. The molecule has 1 amide bonds. The minimum absolute atomic E-state index is 0.140. The number of carbonyl (C=O) groups is 1. The van der Waals surface area contributed by atoms with Crippen LogP contribution in [0.3, 0.4) is 0 Å². The molecule has 1 saturated heterocycles. The lowest BCUT2D eigenvalue weighted by Crippen LogP contribution is -2.49. The second kappa shape index (κ2) is 6.74. The molecule has 0 saturated carbocycles. The van der Waals surface area contributed by atoms with Crippen LogP contribution in [0.25, 0.3) is 0 Å². The number of anilines is 2. The summed E-state index contributed by atoms with van der Waals surface area (Å²) >= 11 is 0. The summed E-state index contributed by atoms with van der Waals surface area (Å²) in [6, 6.07) is 0. The van der Waals surface area contributed by atoms with Gasteiger partial charge in [0.25, 0.3) is 0 Å². The van der Waals surface area contributed by atoms with Gasteiger partial charge >= 0.3 is 0 Å². The molecule has 0 aliphatic carbocycles. The molecule has 21 heavy (non-hydrogen) atoms. The van der Waals surface area contributed by atoms with Crippen molar-refractivity contribution in [2.75, 3.05) is 43.4 Å². The number of aromatic nitrogens is 2. The van der Waals surface area contributed by atoms with Crippen molar-refractivity contribution in [3.05, 3.63) is 11.4 Å². The first-order valence-electron chi connectivity index (χ1n) is 7.67. The topological polar surface area (TPSA) is 61.4 Å². The van der Waals surface area contributed by atoms with Crippen molar-refractivity contribution in [3.63, 3.8) is 0 Å². The summed E-state index contributed by atoms with van der Waals surface area (Å²) in [5.74, 6) is 2.77. The van der Waals surface area contributed by atoms with Gasteiger partial charge in [0, 0.05) is 38.7 Å². The van der Waals surface area contributed by atoms with E-state index in [0.29, 0.717) is 6.54 Å². The summed E-state index contributed by atoms with van der Waals surface area (Å²) in [4.78, 5) is 25.1. The molecule has 0 spiro atoms. The molecule has 1 aliphatic rings. The Morgan fingerprint density at radius 2 is 2.00 bits per heavy atom. The van der Waals surface area contributed by atoms with E-state index in [9.17, 15) is 4.79 Å². The minimum Gasteiger partial charge on any atom is -0.370 e. The fourth-order valence-electron chi connectivity index (χ4n) is 2.47. The third-order valence-corrected chi connectivity index (χ3v) is 3.74. The fraction of sp³-hybridized carbons (Fsp3) is 0.667. The monoisotopic (exact) mass is 291 g/mol. The molecule has 116 valence electrons. The van der Waals surface area contributed by atoms with Crippen molar-refractivity contribution < 1.29 is 4.79 Å². The zero-order valence-corrected chi connectivity index (χ0v) is 13.4. The number of amides is 1. The van der Waals surface area contributed by atoms with Crippen LogP contribution in [0.1, 0.15) is 31.7 Å². The number of piperazine rings is 1. The molecule has 6 nitrogen and oxygen atoms in total. The van der Waals surface area contributed by atoms with Gasteiger partial charge in [0.2, 0.25) is 5.91 Å². The van der Waals surface area contributed by atoms with E-state index in [4.69, 9.17) is 4.98 Å². The summed E-state index contributed by atoms with van der Waals surface area (Å²) in [5, 5.41) is 3.30. The molecule has 1 aliphatic heterocycles. The molecule has 1 aromatic rings. The predicted octanol–water partition coefficient (Wildman–Crippen LogP) is 1.45. The Morgan fingerprint density at radius 3 is 2.62 bits per heavy atom. The van der Waals surface area contributed by atoms with Crippen LogP contribution in [0, 0.1) is 6.92 Å². The molecule has 0 unspecified atom stereocenters. The maximum Gasteiger partial charge on any atom is 0.241 e. The summed E-state index contributed by atoms with van der Waals surface area (Å²) in [6.45, 7) is 8.97. The van der Waals surface area contributed by atoms with Gasteiger partial charge in [-0.05, 0) is 20.3 Å². The van der Waals surface area contributed by atoms with Gasteiger partial charge in [-0.3, -0.25) is 4.79 Å². The van der Waals surface area contributed by atoms with Crippen molar-refractivity contribution >= 4 is 17.5 Å². The maximum absolute atomic E-state index is 11.9. The molecular formula is C15H25N5O. The van der Waals surface area contributed by atoms with Crippen LogP contribution in [0.5, 0.6) is 0 Å². The first-order valence-corrected chi connectivity index (χ1v) is 7.67. The molecule has 1 aromatic heterocycles. The number of hydrogen-bond donors (Lipinski definition) is 1. The van der Waals surface area contributed by atoms with Gasteiger partial charge in [0.05, 0.1) is 6.54 Å². The van der Waals surface area contributed by atoms with Crippen molar-refractivity contribution in [3.8, 4) is 0 Å². The van der Waals surface area contributed by atoms with E-state index in [2.05, 4.69) is 29.0 Å². The van der Waals surface area contributed by atoms with E-state index in [1.165, 1.54) is 0 Å². The largest absolute Gasteiger partial charge is 0.370 e. The Hall–Kier alpha value is -1.85. The zero-order chi connectivity index (χ0) is 15.4. The lowest BCUT2D eigenvalue weighted by atomic mass is 10.2. The van der Waals surface area contributed by atoms with Crippen LogP contribution in [0.4, 0.5) is 11.6 Å². The Kier molecular flexibility index (Phi) is 4.98. The highest BCUT2D eigenvalue weighted by molar-refractivity contribution is 5.82. The Balaban J connectivity index is 2.34. The lowest BCUT2D eigenvalue weighted by molar-refractivity contribution is -0.129. The van der Waals surface area contributed by atoms with Crippen LogP contribution in [0.15, 0.2) is 0 Å². The standard InChI is InChI=1S/C15H25N5O/c1-5-7-12-17-14(16-6-2)11(3)15(18-12)20-9-8-19(4)13(21)10-20/h5-10H2,1-4H3,(H,16,17,18). The van der Waals surface area contributed by atoms with Crippen molar-refractivity contribution in [1.82, 2.24) is 14.9 Å². The molecule has 0 bridgehead atoms. The van der Waals surface area contributed by atoms with Gasteiger partial charge in [-0.1, -0.05) is 6.92 Å². The van der Waals surface area contributed by atoms with Crippen LogP contribution >= 0.6 is 0 Å². The zero-order valence-electron chi connectivity index (χ0n) is 13.4. The highest BCUT2D eigenvalue weighted by Crippen LogP contribution is 2.25. The molecule has 6 heteroatoms. The minimum atomic E-state index is 0.140. The third-order valence-electron chi connectivity index (χ3n) is 3.74. The average Bonchev–Trinajstić information content (AvgIpc) is 2.46. The highest BCUT2D eigenvalue weighted by Gasteiger charge is 2.24. The molecule has 2 heterocycles. The molecular weight excluding hydrogens is 266 g/mol. The molecule has 0 radical (unpaired) electrons. The van der Waals surface area contributed by atoms with Gasteiger partial charge in [0.15, 0.2) is 0 Å². The average molecular weight is 291 g/mol. The summed E-state index contributed by atoms with van der Waals surface area (Å²) < 4.78 is 0. The number of hydrogen-bond acceptors (Lipinski definition) is 5. The van der Waals surface area contributed by atoms with Crippen LogP contribution < -0.4 is 10.2 Å². The number of aryl methyl sites for hydroxylation is 1. The first-order chi connectivity index (χ1) is 10.1. The summed E-state index contributed by atoms with van der Waals surface area (Å²) in [6.07, 6.45) is 1.86. The number of nitrogens with one attached hydrogen (secondary N) is 1. The Labute approximate surface area is 126 Å². The summed E-state index contributed by atoms with van der Waals surface area (Å²) in [5.41, 5.74) is 1.02. The van der Waals surface area contributed by atoms with Gasteiger partial charge in [-0.25, -0.2) is 9.97 Å². The molecule has 1 fully saturated rings. The Bertz CT molecular complexity index is 517. The normalized spacial score (nSPS) is 15.5. The second-order valence-corrected chi connectivity index (χ2v) is 5.45. The quantitative estimate of drug-likeness (QED) is 0.889. The number of rotatable bonds is 5. The second-order valence-electron chi connectivity index (χ2n) is 5.45. The molecule has 0 aromatic carbocycles. The molecule has 1 N–H and O–H groups in total. The van der Waals surface area contributed by atoms with Crippen LogP contribution in [-0.2, 0) is 11.2 Å². The van der Waals surface area contributed by atoms with Crippen molar-refractivity contribution in [2.24, 2.45) is 0 Å². The van der Waals surface area contributed by atoms with Crippen LogP contribution in [0.2, 0.25) is 0 Å². The van der Waals surface area contributed by atoms with E-state index >= 15 is 0 Å². The van der Waals surface area contributed by atoms with Crippen molar-refractivity contribution in [1.29, 1.82) is 0 Å². The van der Waals surface area contributed by atoms with Gasteiger partial charge in [0.1, 0.15) is 17.5 Å². The van der Waals surface area contributed by atoms with E-state index in [-0.39, 0.29) is 5.91 Å². The number of likely N-dealkylation sites (N-methyl/N-ethyl adjacent to an activating group) is 1. The first kappa shape index (κ1) is 15.5. The molecule has 2 rings (SSSR count). The van der Waals surface area contributed by atoms with Crippen molar-refractivity contribution in [2.45, 2.75) is 33.6 Å². The van der Waals surface area contributed by atoms with E-state index in [1.807, 2.05) is 14.0 Å². The maximum atomic E-state index is 11.9. The lowest BCUT2D eigenvalue weighted by Gasteiger charge is -2.34. The van der Waals surface area contributed by atoms with E-state index < -0.39 is 0 Å². The summed E-state index contributed by atoms with van der Waals surface area (Å²) in [7, 11) is 1.85. The fourth-order valence-corrected chi connectivity index (χ4v) is 2.47. The highest BCUT2D eigenvalue weighted by atomic mass is 16.2. The third kappa shape index (κ3) is 3.43. The molecule has 0 atom stereocenters. The van der Waals surface area contributed by atoms with E-state index in [0.717, 1.165) is 55.5 Å². The smallest absolute Gasteiger partial charge is 0.241 e. The van der Waals surface area contributed by atoms with E-state index in [1.54, 1.807) is 4.90 Å².